The number of nitrogens with zero attached hydrogens (tertiary/aromatic N) is 3. The second-order valence-corrected chi connectivity index (χ2v) is 7.39. The number of hydrogen-bond donors (Lipinski definition) is 2. The van der Waals surface area contributed by atoms with Crippen LogP contribution in [0.15, 0.2) is 18.2 Å². The molecule has 2 N–H and O–H groups in total. The summed E-state index contributed by atoms with van der Waals surface area (Å²) in [6.07, 6.45) is -0.341. The van der Waals surface area contributed by atoms with Crippen molar-refractivity contribution in [1.29, 1.82) is 0 Å². The summed E-state index contributed by atoms with van der Waals surface area (Å²) in [5.41, 5.74) is 0.793. The van der Waals surface area contributed by atoms with Crippen molar-refractivity contribution >= 4 is 29.3 Å². The van der Waals surface area contributed by atoms with E-state index in [-0.39, 0.29) is 31.5 Å². The second-order valence-electron chi connectivity index (χ2n) is 7.39. The maximum Gasteiger partial charge on any atom is 0.414 e. The van der Waals surface area contributed by atoms with Crippen molar-refractivity contribution < 1.29 is 28.7 Å². The van der Waals surface area contributed by atoms with E-state index in [1.54, 1.807) is 12.1 Å². The van der Waals surface area contributed by atoms with E-state index in [1.807, 2.05) is 4.90 Å². The molecule has 158 valence electrons. The van der Waals surface area contributed by atoms with Crippen molar-refractivity contribution in [3.8, 4) is 0 Å². The van der Waals surface area contributed by atoms with E-state index in [0.717, 1.165) is 6.42 Å². The molecule has 2 atom stereocenters. The zero-order valence-electron chi connectivity index (χ0n) is 16.4. The average Bonchev–Trinajstić information content (AvgIpc) is 3.26. The number of anilines is 2. The Bertz CT molecular complexity index is 805. The average molecular weight is 408 g/mol. The van der Waals surface area contributed by atoms with Crippen molar-refractivity contribution in [2.75, 3.05) is 42.5 Å². The van der Waals surface area contributed by atoms with Crippen molar-refractivity contribution in [3.05, 3.63) is 24.0 Å². The Morgan fingerprint density at radius 1 is 1.34 bits per heavy atom. The van der Waals surface area contributed by atoms with Gasteiger partial charge in [-0.25, -0.2) is 14.2 Å². The predicted octanol–water partition coefficient (Wildman–Crippen LogP) is 1.35. The minimum absolute atomic E-state index is 0.0473. The molecule has 2 aliphatic rings. The lowest BCUT2D eigenvalue weighted by Crippen LogP contribution is -2.33. The number of benzene rings is 1. The predicted molar refractivity (Wildman–Crippen MR) is 102 cm³/mol. The first-order chi connectivity index (χ1) is 13.7. The van der Waals surface area contributed by atoms with Gasteiger partial charge in [-0.05, 0) is 30.5 Å². The highest BCUT2D eigenvalue weighted by Crippen LogP contribution is 2.31. The first kappa shape index (κ1) is 20.8. The fraction of sp³-hybridized carbons (Fsp3) is 0.526. The third-order valence-corrected chi connectivity index (χ3v) is 5.12. The van der Waals surface area contributed by atoms with Crippen LogP contribution in [0.3, 0.4) is 0 Å². The largest absolute Gasteiger partial charge is 0.442 e. The van der Waals surface area contributed by atoms with Gasteiger partial charge in [-0.15, -0.1) is 0 Å². The second kappa shape index (κ2) is 8.64. The topological polar surface area (TPSA) is 102 Å². The highest BCUT2D eigenvalue weighted by Gasteiger charge is 2.33. The number of hydrogen-bond acceptors (Lipinski definition) is 6. The lowest BCUT2D eigenvalue weighted by atomic mass is 10.1. The normalized spacial score (nSPS) is 21.3. The van der Waals surface area contributed by atoms with Crippen LogP contribution in [0.5, 0.6) is 0 Å². The summed E-state index contributed by atoms with van der Waals surface area (Å²) in [5, 5.41) is 12.9. The molecule has 2 heterocycles. The molecule has 9 nitrogen and oxygen atoms in total. The quantitative estimate of drug-likeness (QED) is 0.544. The van der Waals surface area contributed by atoms with Gasteiger partial charge in [0.2, 0.25) is 11.8 Å². The van der Waals surface area contributed by atoms with Crippen molar-refractivity contribution in [2.24, 2.45) is 5.92 Å². The molecule has 0 aliphatic carbocycles. The van der Waals surface area contributed by atoms with E-state index in [9.17, 15) is 24.0 Å². The molecule has 2 fully saturated rings. The summed E-state index contributed by atoms with van der Waals surface area (Å²) >= 11 is 0. The van der Waals surface area contributed by atoms with Crippen LogP contribution < -0.4 is 15.1 Å². The molecule has 2 unspecified atom stereocenters. The van der Waals surface area contributed by atoms with E-state index < -0.39 is 23.9 Å². The maximum absolute atomic E-state index is 14.8. The number of rotatable bonds is 6. The van der Waals surface area contributed by atoms with Crippen LogP contribution in [-0.2, 0) is 14.3 Å². The standard InChI is InChI=1S/C19H25FN4O5/c1-12(25)21-8-16-11-23(19(27)29-16)15-3-4-18(17(20)7-15)22-6-5-14(9-22)10-24(28)13(2)26/h3-4,7,14,16,28H,5-6,8-11H2,1-2H3,(H,21,25). The minimum atomic E-state index is -0.582. The lowest BCUT2D eigenvalue weighted by Gasteiger charge is -2.22. The molecule has 0 radical (unpaired) electrons. The molecule has 2 aliphatic heterocycles. The Hall–Kier alpha value is -2.88. The van der Waals surface area contributed by atoms with Crippen molar-refractivity contribution in [1.82, 2.24) is 10.4 Å². The highest BCUT2D eigenvalue weighted by molar-refractivity contribution is 5.90. The fourth-order valence-electron chi connectivity index (χ4n) is 3.59. The SMILES string of the molecule is CC(=O)NCC1CN(c2ccc(N3CCC(CN(O)C(C)=O)C3)c(F)c2)C(=O)O1. The Morgan fingerprint density at radius 2 is 2.10 bits per heavy atom. The Kier molecular flexibility index (Phi) is 6.21. The van der Waals surface area contributed by atoms with E-state index >= 15 is 0 Å². The molecule has 2 saturated heterocycles. The highest BCUT2D eigenvalue weighted by atomic mass is 19.1. The third-order valence-electron chi connectivity index (χ3n) is 5.12. The molecule has 0 bridgehead atoms. The van der Waals surface area contributed by atoms with Crippen LogP contribution >= 0.6 is 0 Å². The number of halogens is 1. The number of nitrogens with one attached hydrogen (secondary N) is 1. The Balaban J connectivity index is 1.63. The Labute approximate surface area is 168 Å². The molecule has 29 heavy (non-hydrogen) atoms. The molecular weight excluding hydrogens is 383 g/mol. The van der Waals surface area contributed by atoms with Crippen LogP contribution in [0.4, 0.5) is 20.6 Å². The number of carbonyl (C=O) groups excluding carboxylic acids is 3. The smallest absolute Gasteiger partial charge is 0.414 e. The molecule has 0 spiro atoms. The van der Waals surface area contributed by atoms with Crippen LogP contribution in [0.25, 0.3) is 0 Å². The van der Waals surface area contributed by atoms with Gasteiger partial charge >= 0.3 is 6.09 Å². The summed E-state index contributed by atoms with van der Waals surface area (Å²) in [7, 11) is 0. The molecule has 1 aromatic carbocycles. The molecule has 1 aromatic rings. The fourth-order valence-corrected chi connectivity index (χ4v) is 3.59. The number of amides is 3. The van der Waals surface area contributed by atoms with Gasteiger partial charge in [0.15, 0.2) is 0 Å². The molecule has 10 heteroatoms. The summed E-state index contributed by atoms with van der Waals surface area (Å²) in [6.45, 7) is 4.43. The van der Waals surface area contributed by atoms with Crippen molar-refractivity contribution in [3.63, 3.8) is 0 Å². The van der Waals surface area contributed by atoms with Gasteiger partial charge in [-0.1, -0.05) is 0 Å². The van der Waals surface area contributed by atoms with Gasteiger partial charge in [-0.2, -0.15) is 0 Å². The van der Waals surface area contributed by atoms with Gasteiger partial charge in [0.25, 0.3) is 0 Å². The van der Waals surface area contributed by atoms with Crippen LogP contribution in [0.1, 0.15) is 20.3 Å². The summed E-state index contributed by atoms with van der Waals surface area (Å²) in [6, 6.07) is 4.56. The van der Waals surface area contributed by atoms with Gasteiger partial charge in [0, 0.05) is 26.9 Å². The first-order valence-electron chi connectivity index (χ1n) is 9.48. The lowest BCUT2D eigenvalue weighted by molar-refractivity contribution is -0.164. The molecule has 0 aromatic heterocycles. The zero-order chi connectivity index (χ0) is 21.1. The minimum Gasteiger partial charge on any atom is -0.442 e. The third kappa shape index (κ3) is 4.94. The monoisotopic (exact) mass is 408 g/mol. The van der Waals surface area contributed by atoms with E-state index in [0.29, 0.717) is 29.5 Å². The van der Waals surface area contributed by atoms with Crippen molar-refractivity contribution in [2.45, 2.75) is 26.4 Å². The summed E-state index contributed by atoms with van der Waals surface area (Å²) in [5.74, 6) is -1.06. The van der Waals surface area contributed by atoms with Crippen LogP contribution in [0, 0.1) is 11.7 Å². The van der Waals surface area contributed by atoms with Gasteiger partial charge in [0.1, 0.15) is 11.9 Å². The molecule has 0 saturated carbocycles. The Morgan fingerprint density at radius 3 is 2.76 bits per heavy atom. The van der Waals surface area contributed by atoms with Gasteiger partial charge in [0.05, 0.1) is 31.0 Å². The summed E-state index contributed by atoms with van der Waals surface area (Å²) in [4.78, 5) is 37.4. The number of carbonyl (C=O) groups is 3. The van der Waals surface area contributed by atoms with E-state index in [4.69, 9.17) is 4.74 Å². The van der Waals surface area contributed by atoms with Gasteiger partial charge in [-0.3, -0.25) is 19.7 Å². The molecule has 3 amide bonds. The number of ether oxygens (including phenoxy) is 1. The summed E-state index contributed by atoms with van der Waals surface area (Å²) < 4.78 is 20.0. The molecular formula is C19H25FN4O5. The van der Waals surface area contributed by atoms with E-state index in [1.165, 1.54) is 24.8 Å². The maximum atomic E-state index is 14.8. The van der Waals surface area contributed by atoms with Crippen LogP contribution in [-0.4, -0.2) is 67.0 Å². The van der Waals surface area contributed by atoms with E-state index in [2.05, 4.69) is 5.32 Å². The van der Waals surface area contributed by atoms with Gasteiger partial charge < -0.3 is 15.0 Å². The van der Waals surface area contributed by atoms with Crippen LogP contribution in [0.2, 0.25) is 0 Å². The number of hydroxylamine groups is 2. The first-order valence-corrected chi connectivity index (χ1v) is 9.48. The zero-order valence-corrected chi connectivity index (χ0v) is 16.4. The number of cyclic esters (lactones) is 1. The molecule has 3 rings (SSSR count).